The predicted octanol–water partition coefficient (Wildman–Crippen LogP) is 2.92. The fourth-order valence-electron chi connectivity index (χ4n) is 2.37. The molecule has 0 amide bonds. The van der Waals surface area contributed by atoms with Crippen LogP contribution < -0.4 is 4.74 Å². The Labute approximate surface area is 128 Å². The van der Waals surface area contributed by atoms with Gasteiger partial charge in [-0.15, -0.1) is 0 Å². The molecular weight excluding hydrogens is 340 g/mol. The van der Waals surface area contributed by atoms with Crippen LogP contribution >= 0.6 is 15.9 Å². The number of carbonyl (C=O) groups excluding carboxylic acids is 1. The van der Waals surface area contributed by atoms with Crippen LogP contribution in [0.25, 0.3) is 0 Å². The van der Waals surface area contributed by atoms with Crippen LogP contribution in [-0.4, -0.2) is 27.7 Å². The number of benzene rings is 2. The summed E-state index contributed by atoms with van der Waals surface area (Å²) in [6.07, 6.45) is 0. The lowest BCUT2D eigenvalue weighted by Gasteiger charge is -2.25. The highest BCUT2D eigenvalue weighted by molar-refractivity contribution is 9.10. The number of carbonyl (C=O) groups is 1. The summed E-state index contributed by atoms with van der Waals surface area (Å²) in [4.78, 5) is 12.5. The van der Waals surface area contributed by atoms with Crippen molar-refractivity contribution in [3.63, 3.8) is 0 Å². The summed E-state index contributed by atoms with van der Waals surface area (Å²) in [6.45, 7) is 0.0265. The molecule has 0 aromatic heterocycles. The molecule has 1 heterocycles. The van der Waals surface area contributed by atoms with Crippen molar-refractivity contribution in [2.45, 2.75) is 5.92 Å². The molecule has 1 atom stereocenters. The van der Waals surface area contributed by atoms with E-state index < -0.39 is 5.92 Å². The molecule has 21 heavy (non-hydrogen) atoms. The Kier molecular flexibility index (Phi) is 3.25. The summed E-state index contributed by atoms with van der Waals surface area (Å²) < 4.78 is 5.79. The number of Topliss-reactive ketones (excluding diaryl/α,β-unsaturated/α-hetero) is 1. The van der Waals surface area contributed by atoms with Crippen LogP contribution in [0.2, 0.25) is 0 Å². The fraction of sp³-hybridized carbons (Fsp3) is 0.133. The minimum Gasteiger partial charge on any atom is -0.508 e. The lowest BCUT2D eigenvalue weighted by Crippen LogP contribution is -2.26. The highest BCUT2D eigenvalue weighted by atomic mass is 79.9. The van der Waals surface area contributed by atoms with Crippen molar-refractivity contribution in [2.24, 2.45) is 0 Å². The van der Waals surface area contributed by atoms with E-state index in [0.717, 1.165) is 0 Å². The van der Waals surface area contributed by atoms with Gasteiger partial charge in [0.15, 0.2) is 5.78 Å². The van der Waals surface area contributed by atoms with E-state index >= 15 is 0 Å². The van der Waals surface area contributed by atoms with Gasteiger partial charge < -0.3 is 20.1 Å². The summed E-state index contributed by atoms with van der Waals surface area (Å²) >= 11 is 3.13. The summed E-state index contributed by atoms with van der Waals surface area (Å²) in [6, 6.07) is 6.95. The van der Waals surface area contributed by atoms with Crippen LogP contribution in [0.4, 0.5) is 0 Å². The van der Waals surface area contributed by atoms with E-state index in [2.05, 4.69) is 15.9 Å². The average Bonchev–Trinajstić information content (AvgIpc) is 2.43. The number of aromatic hydroxyl groups is 3. The van der Waals surface area contributed by atoms with Crippen molar-refractivity contribution in [2.75, 3.05) is 6.61 Å². The van der Waals surface area contributed by atoms with Gasteiger partial charge in [-0.05, 0) is 40.2 Å². The summed E-state index contributed by atoms with van der Waals surface area (Å²) in [5.74, 6) is -0.775. The molecule has 5 nitrogen and oxygen atoms in total. The van der Waals surface area contributed by atoms with Gasteiger partial charge in [0.1, 0.15) is 29.6 Å². The molecule has 1 unspecified atom stereocenters. The maximum atomic E-state index is 12.5. The van der Waals surface area contributed by atoms with E-state index in [0.29, 0.717) is 21.3 Å². The number of ketones is 1. The lowest BCUT2D eigenvalue weighted by molar-refractivity contribution is 0.0894. The molecule has 0 fully saturated rings. The van der Waals surface area contributed by atoms with Gasteiger partial charge >= 0.3 is 0 Å². The van der Waals surface area contributed by atoms with Gasteiger partial charge in [-0.2, -0.15) is 0 Å². The van der Waals surface area contributed by atoms with E-state index in [1.165, 1.54) is 30.3 Å². The van der Waals surface area contributed by atoms with Crippen molar-refractivity contribution >= 4 is 21.7 Å². The number of fused-ring (bicyclic) bond motifs is 1. The zero-order valence-corrected chi connectivity index (χ0v) is 12.3. The van der Waals surface area contributed by atoms with Crippen LogP contribution in [-0.2, 0) is 0 Å². The third-order valence-corrected chi connectivity index (χ3v) is 4.01. The number of phenolic OH excluding ortho intramolecular Hbond substituents is 3. The van der Waals surface area contributed by atoms with Crippen LogP contribution in [0.3, 0.4) is 0 Å². The van der Waals surface area contributed by atoms with E-state index in [1.54, 1.807) is 0 Å². The first-order chi connectivity index (χ1) is 9.97. The van der Waals surface area contributed by atoms with Gasteiger partial charge in [-0.3, -0.25) is 4.79 Å². The molecule has 0 bridgehead atoms. The van der Waals surface area contributed by atoms with Crippen molar-refractivity contribution in [1.82, 2.24) is 0 Å². The molecule has 3 N–H and O–H groups in total. The summed E-state index contributed by atoms with van der Waals surface area (Å²) in [7, 11) is 0. The monoisotopic (exact) mass is 350 g/mol. The zero-order chi connectivity index (χ0) is 15.1. The van der Waals surface area contributed by atoms with Crippen LogP contribution in [0, 0.1) is 0 Å². The van der Waals surface area contributed by atoms with Gasteiger partial charge in [0.05, 0.1) is 16.0 Å². The molecule has 108 valence electrons. The van der Waals surface area contributed by atoms with Gasteiger partial charge in [-0.1, -0.05) is 0 Å². The molecule has 2 aromatic carbocycles. The van der Waals surface area contributed by atoms with Gasteiger partial charge in [0, 0.05) is 11.6 Å². The Bertz CT molecular complexity index is 741. The Balaban J connectivity index is 2.07. The minimum absolute atomic E-state index is 0.0166. The molecule has 6 heteroatoms. The number of hydrogen-bond donors (Lipinski definition) is 3. The highest BCUT2D eigenvalue weighted by Crippen LogP contribution is 2.41. The standard InChI is InChI=1S/C15H11BrO5/c16-12-4-8(18)3-10(15(12)20)11-6-21-13-5-7(17)1-2-9(13)14(11)19/h1-5,11,17-18,20H,6H2. The third-order valence-electron chi connectivity index (χ3n) is 3.41. The molecular formula is C15H11BrO5. The van der Waals surface area contributed by atoms with Crippen molar-refractivity contribution in [3.8, 4) is 23.0 Å². The number of rotatable bonds is 1. The Morgan fingerprint density at radius 1 is 1.10 bits per heavy atom. The third kappa shape index (κ3) is 2.31. The molecule has 0 spiro atoms. The molecule has 0 aliphatic carbocycles. The van der Waals surface area contributed by atoms with Gasteiger partial charge in [0.2, 0.25) is 0 Å². The lowest BCUT2D eigenvalue weighted by atomic mass is 9.88. The van der Waals surface area contributed by atoms with Crippen molar-refractivity contribution in [1.29, 1.82) is 0 Å². The fourth-order valence-corrected chi connectivity index (χ4v) is 2.84. The van der Waals surface area contributed by atoms with Crippen LogP contribution in [0.5, 0.6) is 23.0 Å². The molecule has 1 aliphatic heterocycles. The number of ether oxygens (including phenoxy) is 1. The second-order valence-electron chi connectivity index (χ2n) is 4.77. The second-order valence-corrected chi connectivity index (χ2v) is 5.63. The van der Waals surface area contributed by atoms with Crippen molar-refractivity contribution < 1.29 is 24.9 Å². The summed E-state index contributed by atoms with van der Waals surface area (Å²) in [5, 5.41) is 29.1. The van der Waals surface area contributed by atoms with Crippen LogP contribution in [0.15, 0.2) is 34.8 Å². The SMILES string of the molecule is O=C1c2ccc(O)cc2OCC1c1cc(O)cc(Br)c1O. The van der Waals surface area contributed by atoms with E-state index in [9.17, 15) is 20.1 Å². The summed E-state index contributed by atoms with van der Waals surface area (Å²) in [5.41, 5.74) is 0.633. The first-order valence-electron chi connectivity index (χ1n) is 6.19. The van der Waals surface area contributed by atoms with Crippen LogP contribution in [0.1, 0.15) is 21.8 Å². The number of phenols is 3. The van der Waals surface area contributed by atoms with E-state index in [-0.39, 0.29) is 29.6 Å². The maximum Gasteiger partial charge on any atom is 0.177 e. The first-order valence-corrected chi connectivity index (χ1v) is 6.98. The Morgan fingerprint density at radius 2 is 1.86 bits per heavy atom. The Morgan fingerprint density at radius 3 is 2.62 bits per heavy atom. The topological polar surface area (TPSA) is 87.0 Å². The zero-order valence-electron chi connectivity index (χ0n) is 10.7. The molecule has 3 rings (SSSR count). The second kappa shape index (κ2) is 4.96. The molecule has 0 radical (unpaired) electrons. The number of halogens is 1. The first kappa shape index (κ1) is 13.8. The van der Waals surface area contributed by atoms with E-state index in [4.69, 9.17) is 4.74 Å². The quantitative estimate of drug-likeness (QED) is 0.688. The number of hydrogen-bond acceptors (Lipinski definition) is 5. The molecule has 0 saturated heterocycles. The maximum absolute atomic E-state index is 12.5. The van der Waals surface area contributed by atoms with Crippen molar-refractivity contribution in [3.05, 3.63) is 45.9 Å². The molecule has 1 aliphatic rings. The van der Waals surface area contributed by atoms with E-state index in [1.807, 2.05) is 0 Å². The normalized spacial score (nSPS) is 17.2. The largest absolute Gasteiger partial charge is 0.508 e. The van der Waals surface area contributed by atoms with Gasteiger partial charge in [0.25, 0.3) is 0 Å². The molecule has 2 aromatic rings. The Hall–Kier alpha value is -2.21. The predicted molar refractivity (Wildman–Crippen MR) is 78.1 cm³/mol. The smallest absolute Gasteiger partial charge is 0.177 e. The minimum atomic E-state index is -0.717. The highest BCUT2D eigenvalue weighted by Gasteiger charge is 2.32. The molecule has 0 saturated carbocycles. The average molecular weight is 351 g/mol. The van der Waals surface area contributed by atoms with Gasteiger partial charge in [-0.25, -0.2) is 0 Å².